The molecule has 0 radical (unpaired) electrons. The van der Waals surface area contributed by atoms with Crippen molar-refractivity contribution in [3.05, 3.63) is 30.0 Å². The number of hydrogen-bond donors (Lipinski definition) is 1. The van der Waals surface area contributed by atoms with Gasteiger partial charge in [-0.3, -0.25) is 9.48 Å². The summed E-state index contributed by atoms with van der Waals surface area (Å²) >= 11 is 0. The van der Waals surface area contributed by atoms with Gasteiger partial charge in [0.1, 0.15) is 6.54 Å². The SMILES string of the molecule is CC(C)N(C)C(=O)Cn1nc(C(=O)O)c2ccccc21. The third-order valence-corrected chi connectivity index (χ3v) is 3.31. The van der Waals surface area contributed by atoms with Gasteiger partial charge < -0.3 is 10.0 Å². The van der Waals surface area contributed by atoms with Crippen molar-refractivity contribution in [2.24, 2.45) is 0 Å². The Kier molecular flexibility index (Phi) is 3.74. The lowest BCUT2D eigenvalue weighted by Gasteiger charge is -2.21. The van der Waals surface area contributed by atoms with Gasteiger partial charge in [0.25, 0.3) is 0 Å². The molecule has 0 bridgehead atoms. The molecule has 0 saturated heterocycles. The molecule has 0 atom stereocenters. The molecule has 2 aromatic rings. The molecule has 0 fully saturated rings. The highest BCUT2D eigenvalue weighted by Gasteiger charge is 2.19. The first kappa shape index (κ1) is 14.0. The van der Waals surface area contributed by atoms with Gasteiger partial charge in [-0.05, 0) is 19.9 Å². The van der Waals surface area contributed by atoms with Crippen molar-refractivity contribution in [3.8, 4) is 0 Å². The van der Waals surface area contributed by atoms with Crippen LogP contribution in [0.5, 0.6) is 0 Å². The van der Waals surface area contributed by atoms with Gasteiger partial charge in [0, 0.05) is 18.5 Å². The van der Waals surface area contributed by atoms with Crippen molar-refractivity contribution in [2.45, 2.75) is 26.4 Å². The Morgan fingerprint density at radius 1 is 1.35 bits per heavy atom. The van der Waals surface area contributed by atoms with Crippen molar-refractivity contribution in [1.82, 2.24) is 14.7 Å². The Bertz CT molecular complexity index is 661. The number of aromatic nitrogens is 2. The van der Waals surface area contributed by atoms with Crippen molar-refractivity contribution < 1.29 is 14.7 Å². The molecule has 6 nitrogen and oxygen atoms in total. The van der Waals surface area contributed by atoms with Crippen LogP contribution in [-0.2, 0) is 11.3 Å². The number of likely N-dealkylation sites (N-methyl/N-ethyl adjacent to an activating group) is 1. The number of carbonyl (C=O) groups is 2. The topological polar surface area (TPSA) is 75.4 Å². The molecular formula is C14H17N3O3. The zero-order valence-corrected chi connectivity index (χ0v) is 11.7. The molecule has 1 amide bonds. The fourth-order valence-electron chi connectivity index (χ4n) is 1.93. The minimum atomic E-state index is -1.09. The molecule has 1 N–H and O–H groups in total. The van der Waals surface area contributed by atoms with Gasteiger partial charge in [0.05, 0.1) is 5.52 Å². The molecular weight excluding hydrogens is 258 g/mol. The lowest BCUT2D eigenvalue weighted by atomic mass is 10.2. The predicted octanol–water partition coefficient (Wildman–Crippen LogP) is 1.60. The number of amides is 1. The number of benzene rings is 1. The second kappa shape index (κ2) is 5.32. The van der Waals surface area contributed by atoms with E-state index in [1.54, 1.807) is 36.2 Å². The van der Waals surface area contributed by atoms with Crippen LogP contribution in [0.2, 0.25) is 0 Å². The first-order valence-electron chi connectivity index (χ1n) is 6.36. The minimum Gasteiger partial charge on any atom is -0.476 e. The smallest absolute Gasteiger partial charge is 0.357 e. The van der Waals surface area contributed by atoms with E-state index in [0.717, 1.165) is 0 Å². The van der Waals surface area contributed by atoms with Crippen LogP contribution < -0.4 is 0 Å². The van der Waals surface area contributed by atoms with E-state index in [9.17, 15) is 9.59 Å². The maximum absolute atomic E-state index is 12.1. The number of carboxylic acids is 1. The Labute approximate surface area is 116 Å². The largest absolute Gasteiger partial charge is 0.476 e. The van der Waals surface area contributed by atoms with Crippen LogP contribution in [0.3, 0.4) is 0 Å². The van der Waals surface area contributed by atoms with E-state index in [1.165, 1.54) is 4.68 Å². The van der Waals surface area contributed by atoms with E-state index in [2.05, 4.69) is 5.10 Å². The summed E-state index contributed by atoms with van der Waals surface area (Å²) in [5.74, 6) is -1.20. The van der Waals surface area contributed by atoms with Crippen molar-refractivity contribution in [2.75, 3.05) is 7.05 Å². The van der Waals surface area contributed by atoms with Crippen molar-refractivity contribution in [3.63, 3.8) is 0 Å². The maximum Gasteiger partial charge on any atom is 0.357 e. The third kappa shape index (κ3) is 2.49. The Morgan fingerprint density at radius 3 is 2.60 bits per heavy atom. The molecule has 0 aliphatic carbocycles. The average molecular weight is 275 g/mol. The van der Waals surface area contributed by atoms with Gasteiger partial charge in [-0.2, -0.15) is 5.10 Å². The zero-order valence-electron chi connectivity index (χ0n) is 11.7. The van der Waals surface area contributed by atoms with E-state index < -0.39 is 5.97 Å². The number of para-hydroxylation sites is 1. The van der Waals surface area contributed by atoms with Gasteiger partial charge >= 0.3 is 5.97 Å². The minimum absolute atomic E-state index is 0.0272. The Balaban J connectivity index is 2.40. The predicted molar refractivity (Wildman–Crippen MR) is 74.6 cm³/mol. The van der Waals surface area contributed by atoms with Gasteiger partial charge in [-0.25, -0.2) is 4.79 Å². The number of aromatic carboxylic acids is 1. The molecule has 0 spiro atoms. The molecule has 1 heterocycles. The van der Waals surface area contributed by atoms with Crippen molar-refractivity contribution in [1.29, 1.82) is 0 Å². The summed E-state index contributed by atoms with van der Waals surface area (Å²) in [6.45, 7) is 3.87. The highest BCUT2D eigenvalue weighted by molar-refractivity contribution is 6.01. The first-order valence-corrected chi connectivity index (χ1v) is 6.36. The first-order chi connectivity index (χ1) is 9.41. The summed E-state index contributed by atoms with van der Waals surface area (Å²) in [5, 5.41) is 13.7. The van der Waals surface area contributed by atoms with Crippen LogP contribution in [0.1, 0.15) is 24.3 Å². The lowest BCUT2D eigenvalue weighted by molar-refractivity contribution is -0.132. The molecule has 2 rings (SSSR count). The molecule has 0 aliphatic rings. The summed E-state index contributed by atoms with van der Waals surface area (Å²) in [4.78, 5) is 24.9. The van der Waals surface area contributed by atoms with E-state index in [1.807, 2.05) is 13.8 Å². The molecule has 20 heavy (non-hydrogen) atoms. The van der Waals surface area contributed by atoms with E-state index in [-0.39, 0.29) is 24.2 Å². The summed E-state index contributed by atoms with van der Waals surface area (Å²) in [7, 11) is 1.72. The van der Waals surface area contributed by atoms with Gasteiger partial charge in [-0.15, -0.1) is 0 Å². The number of nitrogens with zero attached hydrogens (tertiary/aromatic N) is 3. The molecule has 0 saturated carbocycles. The molecule has 1 aromatic heterocycles. The van der Waals surface area contributed by atoms with Crippen LogP contribution in [0.4, 0.5) is 0 Å². The van der Waals surface area contributed by atoms with E-state index >= 15 is 0 Å². The van der Waals surface area contributed by atoms with Crippen LogP contribution in [0.25, 0.3) is 10.9 Å². The van der Waals surface area contributed by atoms with E-state index in [0.29, 0.717) is 10.9 Å². The Morgan fingerprint density at radius 2 is 2.00 bits per heavy atom. The second-order valence-electron chi connectivity index (χ2n) is 4.93. The van der Waals surface area contributed by atoms with Crippen molar-refractivity contribution >= 4 is 22.8 Å². The molecule has 6 heteroatoms. The summed E-state index contributed by atoms with van der Waals surface area (Å²) in [6, 6.07) is 7.09. The molecule has 0 aliphatic heterocycles. The third-order valence-electron chi connectivity index (χ3n) is 3.31. The van der Waals surface area contributed by atoms with Crippen LogP contribution in [-0.4, -0.2) is 44.8 Å². The van der Waals surface area contributed by atoms with E-state index in [4.69, 9.17) is 5.11 Å². The number of carboxylic acid groups (broad SMARTS) is 1. The zero-order chi connectivity index (χ0) is 14.9. The standard InChI is InChI=1S/C14H17N3O3/c1-9(2)16(3)12(18)8-17-11-7-5-4-6-10(11)13(15-17)14(19)20/h4-7,9H,8H2,1-3H3,(H,19,20). The second-order valence-corrected chi connectivity index (χ2v) is 4.93. The summed E-state index contributed by atoms with van der Waals surface area (Å²) in [6.07, 6.45) is 0. The number of hydrogen-bond acceptors (Lipinski definition) is 3. The monoisotopic (exact) mass is 275 g/mol. The summed E-state index contributed by atoms with van der Waals surface area (Å²) < 4.78 is 1.44. The number of carbonyl (C=O) groups excluding carboxylic acids is 1. The lowest BCUT2D eigenvalue weighted by Crippen LogP contribution is -2.35. The normalized spacial score (nSPS) is 11.0. The fourth-order valence-corrected chi connectivity index (χ4v) is 1.93. The molecule has 106 valence electrons. The Hall–Kier alpha value is -2.37. The van der Waals surface area contributed by atoms with Gasteiger partial charge in [0.2, 0.25) is 5.91 Å². The van der Waals surface area contributed by atoms with Crippen LogP contribution in [0, 0.1) is 0 Å². The quantitative estimate of drug-likeness (QED) is 0.919. The molecule has 0 unspecified atom stereocenters. The highest BCUT2D eigenvalue weighted by Crippen LogP contribution is 2.18. The van der Waals surface area contributed by atoms with Crippen LogP contribution in [0.15, 0.2) is 24.3 Å². The maximum atomic E-state index is 12.1. The van der Waals surface area contributed by atoms with Gasteiger partial charge in [-0.1, -0.05) is 18.2 Å². The summed E-state index contributed by atoms with van der Waals surface area (Å²) in [5.41, 5.74) is 0.621. The average Bonchev–Trinajstić information content (AvgIpc) is 2.77. The number of fused-ring (bicyclic) bond motifs is 1. The van der Waals surface area contributed by atoms with Crippen LogP contribution >= 0.6 is 0 Å². The fraction of sp³-hybridized carbons (Fsp3) is 0.357. The molecule has 1 aromatic carbocycles. The highest BCUT2D eigenvalue weighted by atomic mass is 16.4. The van der Waals surface area contributed by atoms with Gasteiger partial charge in [0.15, 0.2) is 5.69 Å². The number of rotatable bonds is 4.